The summed E-state index contributed by atoms with van der Waals surface area (Å²) >= 11 is 0. The fourth-order valence-electron chi connectivity index (χ4n) is 2.93. The predicted molar refractivity (Wildman–Crippen MR) is 94.1 cm³/mol. The predicted octanol–water partition coefficient (Wildman–Crippen LogP) is 2.27. The number of benzene rings is 2. The number of rotatable bonds is 5. The standard InChI is InChI=1S/C18H17N3O4S/c22-26(23,16-6-3-5-15(9-16)18-21-19-12-25-18)20-10-13-8-14-4-1-2-7-17(14)24-11-13/h1-7,9,12-13,20H,8,10-11H2/t13-/m1/s1. The molecule has 1 atom stereocenters. The van der Waals surface area contributed by atoms with Gasteiger partial charge < -0.3 is 9.15 Å². The summed E-state index contributed by atoms with van der Waals surface area (Å²) in [6, 6.07) is 14.2. The summed E-state index contributed by atoms with van der Waals surface area (Å²) in [4.78, 5) is 0.158. The zero-order chi connectivity index (χ0) is 18.0. The van der Waals surface area contributed by atoms with Crippen molar-refractivity contribution in [3.8, 4) is 17.2 Å². The van der Waals surface area contributed by atoms with Crippen molar-refractivity contribution >= 4 is 10.0 Å². The molecule has 2 heterocycles. The lowest BCUT2D eigenvalue weighted by Crippen LogP contribution is -2.34. The van der Waals surface area contributed by atoms with Crippen LogP contribution < -0.4 is 9.46 Å². The maximum Gasteiger partial charge on any atom is 0.247 e. The van der Waals surface area contributed by atoms with Gasteiger partial charge in [-0.25, -0.2) is 13.1 Å². The van der Waals surface area contributed by atoms with E-state index in [0.29, 0.717) is 18.7 Å². The van der Waals surface area contributed by atoms with Crippen LogP contribution in [0.1, 0.15) is 5.56 Å². The van der Waals surface area contributed by atoms with Crippen molar-refractivity contribution in [2.75, 3.05) is 13.2 Å². The molecule has 0 saturated heterocycles. The van der Waals surface area contributed by atoms with Gasteiger partial charge in [0.1, 0.15) is 5.75 Å². The summed E-state index contributed by atoms with van der Waals surface area (Å²) in [7, 11) is -3.65. The van der Waals surface area contributed by atoms with E-state index >= 15 is 0 Å². The number of hydrogen-bond donors (Lipinski definition) is 1. The highest BCUT2D eigenvalue weighted by molar-refractivity contribution is 7.89. The van der Waals surface area contributed by atoms with E-state index in [9.17, 15) is 8.42 Å². The molecule has 0 bridgehead atoms. The molecule has 134 valence electrons. The Bertz CT molecular complexity index is 1000. The van der Waals surface area contributed by atoms with Gasteiger partial charge in [-0.05, 0) is 36.2 Å². The topological polar surface area (TPSA) is 94.3 Å². The zero-order valence-electron chi connectivity index (χ0n) is 13.8. The van der Waals surface area contributed by atoms with Crippen molar-refractivity contribution in [1.82, 2.24) is 14.9 Å². The minimum Gasteiger partial charge on any atom is -0.493 e. The van der Waals surface area contributed by atoms with Gasteiger partial charge in [-0.1, -0.05) is 24.3 Å². The SMILES string of the molecule is O=S(=O)(NC[C@@H]1COc2ccccc2C1)c1cccc(-c2nnco2)c1. The van der Waals surface area contributed by atoms with Gasteiger partial charge in [-0.3, -0.25) is 0 Å². The quantitative estimate of drug-likeness (QED) is 0.739. The number of hydrogen-bond acceptors (Lipinski definition) is 6. The van der Waals surface area contributed by atoms with E-state index in [1.165, 1.54) is 18.5 Å². The molecule has 8 heteroatoms. The molecule has 3 aromatic rings. The van der Waals surface area contributed by atoms with Crippen LogP contribution in [0.5, 0.6) is 5.75 Å². The van der Waals surface area contributed by atoms with Gasteiger partial charge in [0.2, 0.25) is 22.3 Å². The third-order valence-corrected chi connectivity index (χ3v) is 5.69. The van der Waals surface area contributed by atoms with Gasteiger partial charge in [-0.15, -0.1) is 10.2 Å². The molecule has 1 aliphatic rings. The molecule has 0 fully saturated rings. The lowest BCUT2D eigenvalue weighted by Gasteiger charge is -2.25. The number of nitrogens with zero attached hydrogens (tertiary/aromatic N) is 2. The summed E-state index contributed by atoms with van der Waals surface area (Å²) in [6.45, 7) is 0.795. The molecular weight excluding hydrogens is 354 g/mol. The summed E-state index contributed by atoms with van der Waals surface area (Å²) < 4.78 is 38.8. The molecule has 0 aliphatic carbocycles. The Morgan fingerprint density at radius 1 is 1.15 bits per heavy atom. The normalized spacial score (nSPS) is 16.7. The molecule has 7 nitrogen and oxygen atoms in total. The third-order valence-electron chi connectivity index (χ3n) is 4.27. The van der Waals surface area contributed by atoms with Gasteiger partial charge in [-0.2, -0.15) is 0 Å². The molecule has 0 amide bonds. The van der Waals surface area contributed by atoms with Crippen molar-refractivity contribution < 1.29 is 17.6 Å². The van der Waals surface area contributed by atoms with Crippen LogP contribution in [0.2, 0.25) is 0 Å². The molecular formula is C18H17N3O4S. The van der Waals surface area contributed by atoms with Crippen LogP contribution in [0.15, 0.2) is 64.2 Å². The van der Waals surface area contributed by atoms with Crippen LogP contribution in [-0.2, 0) is 16.4 Å². The number of fused-ring (bicyclic) bond motifs is 1. The summed E-state index contributed by atoms with van der Waals surface area (Å²) in [5.74, 6) is 1.23. The van der Waals surface area contributed by atoms with Gasteiger partial charge in [0, 0.05) is 18.0 Å². The lowest BCUT2D eigenvalue weighted by atomic mass is 9.97. The van der Waals surface area contributed by atoms with E-state index in [-0.39, 0.29) is 16.7 Å². The monoisotopic (exact) mass is 371 g/mol. The number of para-hydroxylation sites is 1. The number of aromatic nitrogens is 2. The Labute approximate surface area is 151 Å². The first-order valence-electron chi connectivity index (χ1n) is 8.19. The summed E-state index contributed by atoms with van der Waals surface area (Å²) in [6.07, 6.45) is 1.98. The molecule has 0 saturated carbocycles. The fourth-order valence-corrected chi connectivity index (χ4v) is 4.09. The second kappa shape index (κ2) is 6.89. The molecule has 26 heavy (non-hydrogen) atoms. The van der Waals surface area contributed by atoms with E-state index in [2.05, 4.69) is 14.9 Å². The van der Waals surface area contributed by atoms with Crippen molar-refractivity contribution in [3.05, 3.63) is 60.5 Å². The second-order valence-corrected chi connectivity index (χ2v) is 7.88. The largest absolute Gasteiger partial charge is 0.493 e. The number of nitrogens with one attached hydrogen (secondary N) is 1. The van der Waals surface area contributed by atoms with E-state index < -0.39 is 10.0 Å². The maximum atomic E-state index is 12.6. The Morgan fingerprint density at radius 2 is 2.04 bits per heavy atom. The van der Waals surface area contributed by atoms with E-state index in [1.807, 2.05) is 24.3 Å². The van der Waals surface area contributed by atoms with Crippen molar-refractivity contribution in [3.63, 3.8) is 0 Å². The van der Waals surface area contributed by atoms with Crippen LogP contribution >= 0.6 is 0 Å². The Morgan fingerprint density at radius 3 is 2.88 bits per heavy atom. The van der Waals surface area contributed by atoms with Crippen LogP contribution in [0.25, 0.3) is 11.5 Å². The average Bonchev–Trinajstić information content (AvgIpc) is 3.21. The lowest BCUT2D eigenvalue weighted by molar-refractivity contribution is 0.223. The summed E-state index contributed by atoms with van der Waals surface area (Å²) in [5.41, 5.74) is 1.65. The minimum absolute atomic E-state index is 0.0822. The van der Waals surface area contributed by atoms with Gasteiger partial charge in [0.05, 0.1) is 11.5 Å². The maximum absolute atomic E-state index is 12.6. The molecule has 0 spiro atoms. The number of ether oxygens (including phenoxy) is 1. The first-order chi connectivity index (χ1) is 12.6. The molecule has 1 N–H and O–H groups in total. The first kappa shape index (κ1) is 16.7. The highest BCUT2D eigenvalue weighted by Crippen LogP contribution is 2.27. The third kappa shape index (κ3) is 3.47. The molecule has 1 aromatic heterocycles. The zero-order valence-corrected chi connectivity index (χ0v) is 14.6. The van der Waals surface area contributed by atoms with E-state index in [4.69, 9.17) is 9.15 Å². The van der Waals surface area contributed by atoms with Crippen molar-refractivity contribution in [1.29, 1.82) is 0 Å². The smallest absolute Gasteiger partial charge is 0.247 e. The van der Waals surface area contributed by atoms with E-state index in [0.717, 1.165) is 17.7 Å². The molecule has 0 radical (unpaired) electrons. The fraction of sp³-hybridized carbons (Fsp3) is 0.222. The minimum atomic E-state index is -3.65. The van der Waals surface area contributed by atoms with Crippen LogP contribution in [-0.4, -0.2) is 31.8 Å². The molecule has 1 aliphatic heterocycles. The Hall–Kier alpha value is -2.71. The number of sulfonamides is 1. The van der Waals surface area contributed by atoms with E-state index in [1.54, 1.807) is 12.1 Å². The highest BCUT2D eigenvalue weighted by Gasteiger charge is 2.22. The Balaban J connectivity index is 1.46. The average molecular weight is 371 g/mol. The summed E-state index contributed by atoms with van der Waals surface area (Å²) in [5, 5.41) is 7.41. The molecule has 2 aromatic carbocycles. The first-order valence-corrected chi connectivity index (χ1v) is 9.67. The molecule has 0 unspecified atom stereocenters. The van der Waals surface area contributed by atoms with Crippen molar-refractivity contribution in [2.45, 2.75) is 11.3 Å². The highest BCUT2D eigenvalue weighted by atomic mass is 32.2. The van der Waals surface area contributed by atoms with Crippen LogP contribution in [0.4, 0.5) is 0 Å². The van der Waals surface area contributed by atoms with Gasteiger partial charge in [0.25, 0.3) is 0 Å². The second-order valence-electron chi connectivity index (χ2n) is 6.11. The van der Waals surface area contributed by atoms with Gasteiger partial charge in [0.15, 0.2) is 0 Å². The van der Waals surface area contributed by atoms with Crippen LogP contribution in [0, 0.1) is 5.92 Å². The van der Waals surface area contributed by atoms with Gasteiger partial charge >= 0.3 is 0 Å². The molecule has 4 rings (SSSR count). The van der Waals surface area contributed by atoms with Crippen molar-refractivity contribution in [2.24, 2.45) is 5.92 Å². The van der Waals surface area contributed by atoms with Crippen LogP contribution in [0.3, 0.4) is 0 Å². The Kier molecular flexibility index (Phi) is 4.44.